The monoisotopic (exact) mass is 648 g/mol. The molecule has 8 aromatic rings. The lowest BCUT2D eigenvalue weighted by atomic mass is 9.99. The number of fused-ring (bicyclic) bond motifs is 3. The third-order valence-electron chi connectivity index (χ3n) is 8.98. The van der Waals surface area contributed by atoms with Gasteiger partial charge in [0.05, 0.1) is 40.1 Å². The predicted octanol–water partition coefficient (Wildman–Crippen LogP) is 9.63. The zero-order chi connectivity index (χ0) is 34.0. The first kappa shape index (κ1) is 30.7. The molecule has 6 heteroatoms. The van der Waals surface area contributed by atoms with Gasteiger partial charge in [-0.25, -0.2) is 14.9 Å². The van der Waals surface area contributed by atoms with Crippen molar-refractivity contribution < 1.29 is 9.59 Å². The Balaban J connectivity index is 1.36. The smallest absolute Gasteiger partial charge is 0.266 e. The van der Waals surface area contributed by atoms with Gasteiger partial charge in [-0.3, -0.25) is 14.2 Å². The van der Waals surface area contributed by atoms with Gasteiger partial charge in [-0.2, -0.15) is 0 Å². The summed E-state index contributed by atoms with van der Waals surface area (Å²) in [4.78, 5) is 40.6. The van der Waals surface area contributed by atoms with Gasteiger partial charge in [-0.1, -0.05) is 133 Å². The zero-order valence-corrected chi connectivity index (χ0v) is 27.4. The van der Waals surface area contributed by atoms with E-state index in [0.717, 1.165) is 55.4 Å². The Labute approximate surface area is 289 Å². The lowest BCUT2D eigenvalue weighted by Crippen LogP contribution is -2.38. The molecule has 0 aliphatic rings. The fourth-order valence-electron chi connectivity index (χ4n) is 6.62. The number of aryl methyl sites for hydroxylation is 1. The molecule has 6 nitrogen and oxygen atoms in total. The highest BCUT2D eigenvalue weighted by molar-refractivity contribution is 6.28. The van der Waals surface area contributed by atoms with E-state index in [2.05, 4.69) is 0 Å². The number of nitrogens with zero attached hydrogens (tertiary/aromatic N) is 4. The Hall–Kier alpha value is -6.66. The third kappa shape index (κ3) is 5.63. The topological polar surface area (TPSA) is 68.1 Å². The van der Waals surface area contributed by atoms with Crippen LogP contribution in [0.15, 0.2) is 164 Å². The van der Waals surface area contributed by atoms with Crippen molar-refractivity contribution in [1.82, 2.24) is 14.5 Å². The van der Waals surface area contributed by atoms with Crippen LogP contribution in [0.1, 0.15) is 21.5 Å². The van der Waals surface area contributed by atoms with Gasteiger partial charge < -0.3 is 0 Å². The van der Waals surface area contributed by atoms with Crippen molar-refractivity contribution >= 4 is 39.3 Å². The Morgan fingerprint density at radius 3 is 1.76 bits per heavy atom. The van der Waals surface area contributed by atoms with Crippen LogP contribution in [0, 0.1) is 6.92 Å². The number of rotatable bonds is 7. The molecular formula is C44H32N4O2. The summed E-state index contributed by atoms with van der Waals surface area (Å²) in [6.07, 6.45) is 0.0840. The molecule has 0 aliphatic heterocycles. The molecule has 2 amide bonds. The lowest BCUT2D eigenvalue weighted by molar-refractivity contribution is -0.117. The molecule has 0 spiro atoms. The first-order chi connectivity index (χ1) is 24.6. The molecule has 0 radical (unpaired) electrons. The Morgan fingerprint density at radius 2 is 1.14 bits per heavy atom. The minimum atomic E-state index is -0.382. The number of hydrogen-bond donors (Lipinski definition) is 0. The number of aromatic nitrogens is 3. The highest BCUT2D eigenvalue weighted by Crippen LogP contribution is 2.37. The molecule has 0 atom stereocenters. The minimum absolute atomic E-state index is 0.0840. The van der Waals surface area contributed by atoms with E-state index in [1.165, 1.54) is 4.90 Å². The number of carbonyl (C=O) groups excluding carboxylic acids is 2. The van der Waals surface area contributed by atoms with Crippen LogP contribution in [0.4, 0.5) is 5.69 Å². The van der Waals surface area contributed by atoms with Crippen LogP contribution in [0.25, 0.3) is 50.3 Å². The van der Waals surface area contributed by atoms with Gasteiger partial charge in [0.2, 0.25) is 11.9 Å². The van der Waals surface area contributed by atoms with E-state index < -0.39 is 0 Å². The third-order valence-corrected chi connectivity index (χ3v) is 8.98. The van der Waals surface area contributed by atoms with E-state index in [0.29, 0.717) is 17.2 Å². The minimum Gasteiger partial charge on any atom is -0.278 e. The average Bonchev–Trinajstić information content (AvgIpc) is 3.50. The fraction of sp³-hybridized carbons (Fsp3) is 0.0455. The van der Waals surface area contributed by atoms with Crippen molar-refractivity contribution in [1.29, 1.82) is 0 Å². The largest absolute Gasteiger partial charge is 0.278 e. The van der Waals surface area contributed by atoms with Crippen LogP contribution in [-0.4, -0.2) is 26.3 Å². The first-order valence-corrected chi connectivity index (χ1v) is 16.6. The maximum absolute atomic E-state index is 14.9. The summed E-state index contributed by atoms with van der Waals surface area (Å²) in [7, 11) is 0. The van der Waals surface area contributed by atoms with Gasteiger partial charge in [0.25, 0.3) is 5.91 Å². The molecule has 240 valence electrons. The van der Waals surface area contributed by atoms with E-state index >= 15 is 0 Å². The van der Waals surface area contributed by atoms with Crippen LogP contribution in [0.5, 0.6) is 0 Å². The summed E-state index contributed by atoms with van der Waals surface area (Å²) in [5.41, 5.74) is 7.71. The van der Waals surface area contributed by atoms with Gasteiger partial charge in [0, 0.05) is 21.9 Å². The summed E-state index contributed by atoms with van der Waals surface area (Å²) >= 11 is 0. The van der Waals surface area contributed by atoms with Crippen molar-refractivity contribution in [2.24, 2.45) is 0 Å². The maximum Gasteiger partial charge on any atom is 0.266 e. The van der Waals surface area contributed by atoms with Gasteiger partial charge in [0.15, 0.2) is 0 Å². The van der Waals surface area contributed by atoms with Crippen LogP contribution in [0.3, 0.4) is 0 Å². The second-order valence-corrected chi connectivity index (χ2v) is 12.2. The first-order valence-electron chi connectivity index (χ1n) is 16.6. The summed E-state index contributed by atoms with van der Waals surface area (Å²) in [6, 6.07) is 52.7. The van der Waals surface area contributed by atoms with Crippen molar-refractivity contribution in [2.45, 2.75) is 13.3 Å². The van der Waals surface area contributed by atoms with Crippen LogP contribution >= 0.6 is 0 Å². The van der Waals surface area contributed by atoms with E-state index in [9.17, 15) is 9.59 Å². The molecule has 6 aromatic carbocycles. The molecule has 2 heterocycles. The van der Waals surface area contributed by atoms with E-state index in [1.54, 1.807) is 12.1 Å². The van der Waals surface area contributed by atoms with Crippen LogP contribution in [0.2, 0.25) is 0 Å². The second kappa shape index (κ2) is 13.1. The summed E-state index contributed by atoms with van der Waals surface area (Å²) in [5.74, 6) is -0.204. The zero-order valence-electron chi connectivity index (χ0n) is 27.4. The second-order valence-electron chi connectivity index (χ2n) is 12.2. The van der Waals surface area contributed by atoms with Crippen molar-refractivity contribution in [3.05, 3.63) is 180 Å². The number of hydrogen-bond acceptors (Lipinski definition) is 4. The van der Waals surface area contributed by atoms with Crippen molar-refractivity contribution in [3.63, 3.8) is 0 Å². The molecule has 0 fully saturated rings. The molecule has 0 saturated heterocycles. The number of amides is 2. The molecule has 0 aliphatic carbocycles. The molecule has 8 rings (SSSR count). The molecule has 0 bridgehead atoms. The summed E-state index contributed by atoms with van der Waals surface area (Å²) in [5, 5.41) is 1.61. The molecule has 50 heavy (non-hydrogen) atoms. The van der Waals surface area contributed by atoms with Crippen LogP contribution in [-0.2, 0) is 11.2 Å². The van der Waals surface area contributed by atoms with Crippen LogP contribution < -0.4 is 4.90 Å². The number of para-hydroxylation sites is 2. The predicted molar refractivity (Wildman–Crippen MR) is 200 cm³/mol. The number of anilines is 1. The summed E-state index contributed by atoms with van der Waals surface area (Å²) in [6.45, 7) is 1.92. The highest BCUT2D eigenvalue weighted by atomic mass is 16.2. The highest BCUT2D eigenvalue weighted by Gasteiger charge is 2.30. The SMILES string of the molecule is Cc1ccc2c(c1C(=O)N(C(=O)Cc1ccccc1)c1ccccc1)c1ccccc1n2-c1nc(-c2ccccc2)cc(-c2ccccc2)n1. The van der Waals surface area contributed by atoms with Crippen molar-refractivity contribution in [2.75, 3.05) is 4.90 Å². The molecule has 0 unspecified atom stereocenters. The Kier molecular flexibility index (Phi) is 8.03. The van der Waals surface area contributed by atoms with E-state index in [-0.39, 0.29) is 18.2 Å². The average molecular weight is 649 g/mol. The van der Waals surface area contributed by atoms with E-state index in [1.807, 2.05) is 163 Å². The fourth-order valence-corrected chi connectivity index (χ4v) is 6.62. The van der Waals surface area contributed by atoms with Gasteiger partial charge in [-0.05, 0) is 48.4 Å². The Bertz CT molecular complexity index is 2440. The van der Waals surface area contributed by atoms with E-state index in [4.69, 9.17) is 9.97 Å². The van der Waals surface area contributed by atoms with Gasteiger partial charge >= 0.3 is 0 Å². The lowest BCUT2D eigenvalue weighted by Gasteiger charge is -2.23. The number of carbonyl (C=O) groups is 2. The van der Waals surface area contributed by atoms with Gasteiger partial charge in [0.1, 0.15) is 0 Å². The molecular weight excluding hydrogens is 617 g/mol. The molecule has 0 N–H and O–H groups in total. The molecule has 0 saturated carbocycles. The standard InChI is InChI=1S/C44H32N4O2/c1-30-26-27-39-42(41(30)43(50)47(34-22-12-5-13-23-34)40(49)28-31-16-6-2-7-17-31)35-24-14-15-25-38(35)48(39)44-45-36(32-18-8-3-9-19-32)29-37(46-44)33-20-10-4-11-21-33/h2-27,29H,28H2,1H3. The molecule has 2 aromatic heterocycles. The quantitative estimate of drug-likeness (QED) is 0.173. The van der Waals surface area contributed by atoms with Gasteiger partial charge in [-0.15, -0.1) is 0 Å². The Morgan fingerprint density at radius 1 is 0.600 bits per heavy atom. The normalized spacial score (nSPS) is 11.1. The number of benzene rings is 6. The number of imide groups is 1. The maximum atomic E-state index is 14.9. The summed E-state index contributed by atoms with van der Waals surface area (Å²) < 4.78 is 2.03. The van der Waals surface area contributed by atoms with Crippen molar-refractivity contribution in [3.8, 4) is 28.5 Å².